The summed E-state index contributed by atoms with van der Waals surface area (Å²) in [5, 5.41) is 5.90. The van der Waals surface area contributed by atoms with Crippen LogP contribution in [0.5, 0.6) is 0 Å². The van der Waals surface area contributed by atoms with Crippen LogP contribution >= 0.6 is 11.6 Å². The van der Waals surface area contributed by atoms with Crippen molar-refractivity contribution in [2.45, 2.75) is 6.54 Å². The molecule has 2 aromatic heterocycles. The van der Waals surface area contributed by atoms with Crippen molar-refractivity contribution < 1.29 is 4.39 Å². The quantitative estimate of drug-likeness (QED) is 0.509. The first-order valence-corrected chi connectivity index (χ1v) is 10.8. The van der Waals surface area contributed by atoms with Gasteiger partial charge in [-0.1, -0.05) is 35.9 Å². The Hall–Kier alpha value is -3.23. The topological polar surface area (TPSA) is 76.1 Å². The van der Waals surface area contributed by atoms with Crippen LogP contribution in [0.4, 0.5) is 16.2 Å². The summed E-state index contributed by atoms with van der Waals surface area (Å²) in [6, 6.07) is 14.2. The molecule has 1 aliphatic rings. The average molecular weight is 452 g/mol. The largest absolute Gasteiger partial charge is 0.383 e. The summed E-state index contributed by atoms with van der Waals surface area (Å²) in [6.45, 7) is 4.09. The first kappa shape index (κ1) is 20.7. The molecule has 9 heteroatoms. The fraction of sp³-hybridized carbons (Fsp3) is 0.261. The number of aromatic nitrogens is 4. The van der Waals surface area contributed by atoms with Gasteiger partial charge in [0.05, 0.1) is 11.1 Å². The molecule has 0 unspecified atom stereocenters. The van der Waals surface area contributed by atoms with Gasteiger partial charge in [0.15, 0.2) is 5.65 Å². The van der Waals surface area contributed by atoms with Crippen LogP contribution < -0.4 is 10.6 Å². The van der Waals surface area contributed by atoms with Crippen LogP contribution in [0.2, 0.25) is 5.02 Å². The third-order valence-electron chi connectivity index (χ3n) is 5.82. The Morgan fingerprint density at radius 2 is 1.66 bits per heavy atom. The van der Waals surface area contributed by atoms with Gasteiger partial charge in [-0.05, 0) is 29.8 Å². The second-order valence-corrected chi connectivity index (χ2v) is 8.41. The van der Waals surface area contributed by atoms with Crippen molar-refractivity contribution in [3.05, 3.63) is 64.9 Å². The molecular formula is C23H23ClFN7. The number of nitrogens with two attached hydrogens (primary N) is 1. The van der Waals surface area contributed by atoms with Gasteiger partial charge < -0.3 is 10.6 Å². The fourth-order valence-electron chi connectivity index (χ4n) is 4.02. The second kappa shape index (κ2) is 8.37. The maximum atomic E-state index is 13.2. The van der Waals surface area contributed by atoms with Crippen molar-refractivity contribution in [3.8, 4) is 11.3 Å². The highest BCUT2D eigenvalue weighted by atomic mass is 35.5. The number of anilines is 2. The lowest BCUT2D eigenvalue weighted by Gasteiger charge is -2.34. The minimum absolute atomic E-state index is 0.210. The predicted octanol–water partition coefficient (Wildman–Crippen LogP) is 3.73. The van der Waals surface area contributed by atoms with Crippen LogP contribution in [0.1, 0.15) is 5.56 Å². The number of rotatable bonds is 4. The van der Waals surface area contributed by atoms with E-state index in [1.807, 2.05) is 36.4 Å². The van der Waals surface area contributed by atoms with Gasteiger partial charge in [-0.2, -0.15) is 10.1 Å². The molecule has 0 atom stereocenters. The number of aryl methyl sites for hydroxylation is 1. The molecule has 0 bridgehead atoms. The van der Waals surface area contributed by atoms with E-state index in [2.05, 4.69) is 14.9 Å². The van der Waals surface area contributed by atoms with Gasteiger partial charge >= 0.3 is 0 Å². The standard InChI is InChI=1S/C23H23ClFN7/c1-30-21(26)19-20(16-4-6-17(24)7-5-16)27-23(28-22(19)29-30)32-12-10-31(11-13-32)14-15-2-8-18(25)9-3-15/h2-9H,10-14,26H2,1H3. The average Bonchev–Trinajstić information content (AvgIpc) is 3.09. The summed E-state index contributed by atoms with van der Waals surface area (Å²) in [5.74, 6) is 0.959. The summed E-state index contributed by atoms with van der Waals surface area (Å²) in [6.07, 6.45) is 0. The van der Waals surface area contributed by atoms with Crippen molar-refractivity contribution in [2.75, 3.05) is 36.8 Å². The van der Waals surface area contributed by atoms with Crippen molar-refractivity contribution in [3.63, 3.8) is 0 Å². The summed E-state index contributed by atoms with van der Waals surface area (Å²) < 4.78 is 14.8. The maximum Gasteiger partial charge on any atom is 0.228 e. The summed E-state index contributed by atoms with van der Waals surface area (Å²) in [7, 11) is 1.80. The number of nitrogen functional groups attached to an aromatic ring is 1. The number of hydrogen-bond donors (Lipinski definition) is 1. The van der Waals surface area contributed by atoms with Crippen LogP contribution in [0.25, 0.3) is 22.3 Å². The van der Waals surface area contributed by atoms with E-state index < -0.39 is 0 Å². The molecule has 164 valence electrons. The lowest BCUT2D eigenvalue weighted by Crippen LogP contribution is -2.46. The van der Waals surface area contributed by atoms with E-state index in [1.54, 1.807) is 11.7 Å². The van der Waals surface area contributed by atoms with Crippen LogP contribution in [-0.4, -0.2) is 50.8 Å². The molecule has 32 heavy (non-hydrogen) atoms. The van der Waals surface area contributed by atoms with Crippen LogP contribution in [0.15, 0.2) is 48.5 Å². The van der Waals surface area contributed by atoms with Crippen LogP contribution in [0, 0.1) is 5.82 Å². The Morgan fingerprint density at radius 1 is 0.969 bits per heavy atom. The molecular weight excluding hydrogens is 429 g/mol. The zero-order valence-corrected chi connectivity index (χ0v) is 18.4. The number of hydrogen-bond acceptors (Lipinski definition) is 6. The maximum absolute atomic E-state index is 13.2. The molecule has 2 N–H and O–H groups in total. The number of piperazine rings is 1. The van der Waals surface area contributed by atoms with E-state index in [4.69, 9.17) is 27.3 Å². The van der Waals surface area contributed by atoms with Gasteiger partial charge in [-0.3, -0.25) is 9.58 Å². The van der Waals surface area contributed by atoms with E-state index in [0.717, 1.165) is 54.9 Å². The Labute approximate surface area is 190 Å². The van der Waals surface area contributed by atoms with Crippen LogP contribution in [-0.2, 0) is 13.6 Å². The Balaban J connectivity index is 1.41. The first-order valence-electron chi connectivity index (χ1n) is 10.5. The molecule has 0 aliphatic carbocycles. The molecule has 7 nitrogen and oxygen atoms in total. The summed E-state index contributed by atoms with van der Waals surface area (Å²) in [4.78, 5) is 14.1. The second-order valence-electron chi connectivity index (χ2n) is 7.98. The number of benzene rings is 2. The van der Waals surface area contributed by atoms with Gasteiger partial charge in [-0.25, -0.2) is 9.37 Å². The zero-order chi connectivity index (χ0) is 22.2. The zero-order valence-electron chi connectivity index (χ0n) is 17.7. The van der Waals surface area contributed by atoms with Crippen molar-refractivity contribution in [1.82, 2.24) is 24.6 Å². The smallest absolute Gasteiger partial charge is 0.228 e. The van der Waals surface area contributed by atoms with Crippen molar-refractivity contribution in [2.24, 2.45) is 7.05 Å². The third kappa shape index (κ3) is 3.99. The third-order valence-corrected chi connectivity index (χ3v) is 6.07. The molecule has 0 saturated carbocycles. The van der Waals surface area contributed by atoms with Crippen molar-refractivity contribution >= 4 is 34.4 Å². The predicted molar refractivity (Wildman–Crippen MR) is 125 cm³/mol. The number of fused-ring (bicyclic) bond motifs is 1. The van der Waals surface area contributed by atoms with E-state index in [-0.39, 0.29) is 5.82 Å². The SMILES string of the molecule is Cn1nc2nc(N3CCN(Cc4ccc(F)cc4)CC3)nc(-c3ccc(Cl)cc3)c2c1N. The summed E-state index contributed by atoms with van der Waals surface area (Å²) >= 11 is 6.08. The van der Waals surface area contributed by atoms with Crippen molar-refractivity contribution in [1.29, 1.82) is 0 Å². The van der Waals surface area contributed by atoms with E-state index >= 15 is 0 Å². The normalized spacial score (nSPS) is 14.9. The fourth-order valence-corrected chi connectivity index (χ4v) is 4.14. The number of halogens is 2. The van der Waals surface area contributed by atoms with E-state index in [9.17, 15) is 4.39 Å². The highest BCUT2D eigenvalue weighted by Crippen LogP contribution is 2.32. The van der Waals surface area contributed by atoms with Gasteiger partial charge in [0.25, 0.3) is 0 Å². The van der Waals surface area contributed by atoms with Gasteiger partial charge in [-0.15, -0.1) is 0 Å². The highest BCUT2D eigenvalue weighted by Gasteiger charge is 2.23. The molecule has 5 rings (SSSR count). The molecule has 0 radical (unpaired) electrons. The minimum Gasteiger partial charge on any atom is -0.383 e. The lowest BCUT2D eigenvalue weighted by atomic mass is 10.1. The molecule has 4 aromatic rings. The van der Waals surface area contributed by atoms with Crippen LogP contribution in [0.3, 0.4) is 0 Å². The molecule has 3 heterocycles. The Morgan fingerprint density at radius 3 is 2.34 bits per heavy atom. The molecule has 1 saturated heterocycles. The molecule has 0 spiro atoms. The summed E-state index contributed by atoms with van der Waals surface area (Å²) in [5.41, 5.74) is 9.63. The van der Waals surface area contributed by atoms with Gasteiger partial charge in [0, 0.05) is 50.4 Å². The molecule has 1 fully saturated rings. The van der Waals surface area contributed by atoms with Gasteiger partial charge in [0.1, 0.15) is 11.6 Å². The minimum atomic E-state index is -0.210. The monoisotopic (exact) mass is 451 g/mol. The highest BCUT2D eigenvalue weighted by molar-refractivity contribution is 6.30. The Kier molecular flexibility index (Phi) is 5.40. The Bertz CT molecular complexity index is 1250. The number of nitrogens with zero attached hydrogens (tertiary/aromatic N) is 6. The molecule has 1 aliphatic heterocycles. The van der Waals surface area contributed by atoms with E-state index in [1.165, 1.54) is 12.1 Å². The van der Waals surface area contributed by atoms with Gasteiger partial charge in [0.2, 0.25) is 5.95 Å². The molecule has 0 amide bonds. The lowest BCUT2D eigenvalue weighted by molar-refractivity contribution is 0.248. The van der Waals surface area contributed by atoms with E-state index in [0.29, 0.717) is 22.4 Å². The first-order chi connectivity index (χ1) is 15.5. The molecule has 2 aromatic carbocycles.